The van der Waals surface area contributed by atoms with Gasteiger partial charge in [-0.2, -0.15) is 4.98 Å². The summed E-state index contributed by atoms with van der Waals surface area (Å²) in [5.74, 6) is 1.19. The van der Waals surface area contributed by atoms with Crippen molar-refractivity contribution in [1.82, 2.24) is 9.97 Å². The number of rotatable bonds is 4. The highest BCUT2D eigenvalue weighted by Gasteiger charge is 2.29. The van der Waals surface area contributed by atoms with E-state index in [4.69, 9.17) is 5.73 Å². The van der Waals surface area contributed by atoms with Gasteiger partial charge in [0.2, 0.25) is 11.9 Å². The number of aryl methyl sites for hydroxylation is 1. The van der Waals surface area contributed by atoms with Crippen LogP contribution in [-0.2, 0) is 4.79 Å². The second-order valence-corrected chi connectivity index (χ2v) is 5.40. The van der Waals surface area contributed by atoms with E-state index < -0.39 is 0 Å². The van der Waals surface area contributed by atoms with E-state index in [-0.39, 0.29) is 11.8 Å². The molecule has 1 saturated heterocycles. The molecule has 0 radical (unpaired) electrons. The topological polar surface area (TPSA) is 84.1 Å². The molecule has 1 aromatic rings. The summed E-state index contributed by atoms with van der Waals surface area (Å²) in [5.41, 5.74) is 6.37. The van der Waals surface area contributed by atoms with E-state index in [1.807, 2.05) is 19.9 Å². The number of nitrogens with zero attached hydrogens (tertiary/aromatic N) is 3. The smallest absolute Gasteiger partial charge is 0.224 e. The van der Waals surface area contributed by atoms with Gasteiger partial charge in [-0.25, -0.2) is 4.98 Å². The molecule has 2 rings (SSSR count). The molecule has 3 N–H and O–H groups in total. The van der Waals surface area contributed by atoms with Crippen LogP contribution >= 0.6 is 0 Å². The van der Waals surface area contributed by atoms with Crippen LogP contribution in [0.25, 0.3) is 0 Å². The molecule has 20 heavy (non-hydrogen) atoms. The maximum Gasteiger partial charge on any atom is 0.224 e. The van der Waals surface area contributed by atoms with Crippen LogP contribution in [0.2, 0.25) is 0 Å². The van der Waals surface area contributed by atoms with E-state index in [0.717, 1.165) is 30.9 Å². The Morgan fingerprint density at radius 1 is 1.50 bits per heavy atom. The van der Waals surface area contributed by atoms with Crippen LogP contribution in [0.5, 0.6) is 0 Å². The van der Waals surface area contributed by atoms with Gasteiger partial charge in [-0.05, 0) is 33.6 Å². The summed E-state index contributed by atoms with van der Waals surface area (Å²) in [6.45, 7) is 7.53. The zero-order valence-corrected chi connectivity index (χ0v) is 12.4. The minimum atomic E-state index is -0.223. The van der Waals surface area contributed by atoms with Gasteiger partial charge in [-0.1, -0.05) is 0 Å². The standard InChI is InChI=1S/C14H23N5O/c1-4-16-14-17-9(2)7-12(18-14)19-8-11(13(15)20)6-5-10(19)3/h7,10-11H,4-6,8H2,1-3H3,(H2,15,20)(H,16,17,18). The summed E-state index contributed by atoms with van der Waals surface area (Å²) in [6.07, 6.45) is 1.81. The first-order chi connectivity index (χ1) is 9.51. The number of hydrogen-bond donors (Lipinski definition) is 2. The van der Waals surface area contributed by atoms with Crippen LogP contribution in [0.4, 0.5) is 11.8 Å². The van der Waals surface area contributed by atoms with E-state index >= 15 is 0 Å². The average molecular weight is 277 g/mol. The monoisotopic (exact) mass is 277 g/mol. The van der Waals surface area contributed by atoms with E-state index in [9.17, 15) is 4.79 Å². The van der Waals surface area contributed by atoms with Crippen molar-refractivity contribution >= 4 is 17.7 Å². The molecule has 2 unspecified atom stereocenters. The lowest BCUT2D eigenvalue weighted by atomic mass is 9.93. The molecule has 1 fully saturated rings. The van der Waals surface area contributed by atoms with Gasteiger partial charge in [0.25, 0.3) is 0 Å². The Labute approximate surface area is 119 Å². The third-order valence-corrected chi connectivity index (χ3v) is 3.75. The predicted octanol–water partition coefficient (Wildman–Crippen LogP) is 1.31. The van der Waals surface area contributed by atoms with E-state index in [2.05, 4.69) is 27.1 Å². The lowest BCUT2D eigenvalue weighted by molar-refractivity contribution is -0.122. The molecule has 6 nitrogen and oxygen atoms in total. The molecule has 2 atom stereocenters. The zero-order valence-electron chi connectivity index (χ0n) is 12.4. The zero-order chi connectivity index (χ0) is 14.7. The van der Waals surface area contributed by atoms with Crippen LogP contribution in [0.3, 0.4) is 0 Å². The Kier molecular flexibility index (Phi) is 4.42. The van der Waals surface area contributed by atoms with Crippen LogP contribution in [0, 0.1) is 12.8 Å². The van der Waals surface area contributed by atoms with Crippen molar-refractivity contribution in [2.75, 3.05) is 23.3 Å². The molecule has 1 aliphatic rings. The molecule has 6 heteroatoms. The molecular formula is C14H23N5O. The number of aromatic nitrogens is 2. The third kappa shape index (κ3) is 3.18. The van der Waals surface area contributed by atoms with E-state index in [0.29, 0.717) is 18.5 Å². The van der Waals surface area contributed by atoms with Crippen molar-refractivity contribution in [3.05, 3.63) is 11.8 Å². The van der Waals surface area contributed by atoms with Gasteiger partial charge in [0.1, 0.15) is 5.82 Å². The van der Waals surface area contributed by atoms with Crippen LogP contribution in [-0.4, -0.2) is 35.0 Å². The second-order valence-electron chi connectivity index (χ2n) is 5.40. The van der Waals surface area contributed by atoms with Crippen LogP contribution in [0.15, 0.2) is 6.07 Å². The summed E-state index contributed by atoms with van der Waals surface area (Å²) >= 11 is 0. The normalized spacial score (nSPS) is 22.6. The number of amides is 1. The number of nitrogens with two attached hydrogens (primary N) is 1. The van der Waals surface area contributed by atoms with Crippen molar-refractivity contribution in [2.45, 2.75) is 39.7 Å². The van der Waals surface area contributed by atoms with Crippen molar-refractivity contribution in [2.24, 2.45) is 11.7 Å². The first-order valence-corrected chi connectivity index (χ1v) is 7.16. The second kappa shape index (κ2) is 6.07. The average Bonchev–Trinajstić information content (AvgIpc) is 2.38. The number of hydrogen-bond acceptors (Lipinski definition) is 5. The summed E-state index contributed by atoms with van der Waals surface area (Å²) in [7, 11) is 0. The number of piperidine rings is 1. The Bertz CT molecular complexity index is 490. The number of primary amides is 1. The lowest BCUT2D eigenvalue weighted by Gasteiger charge is -2.37. The predicted molar refractivity (Wildman–Crippen MR) is 79.7 cm³/mol. The first-order valence-electron chi connectivity index (χ1n) is 7.16. The lowest BCUT2D eigenvalue weighted by Crippen LogP contribution is -2.46. The molecule has 0 spiro atoms. The fourth-order valence-corrected chi connectivity index (χ4v) is 2.59. The van der Waals surface area contributed by atoms with Crippen molar-refractivity contribution < 1.29 is 4.79 Å². The van der Waals surface area contributed by atoms with Crippen LogP contribution < -0.4 is 16.0 Å². The summed E-state index contributed by atoms with van der Waals surface area (Å²) in [4.78, 5) is 22.5. The molecule has 0 aliphatic carbocycles. The SMILES string of the molecule is CCNc1nc(C)cc(N2CC(C(N)=O)CCC2C)n1. The van der Waals surface area contributed by atoms with Gasteiger partial charge in [0.15, 0.2) is 0 Å². The molecule has 0 bridgehead atoms. The molecule has 1 aliphatic heterocycles. The van der Waals surface area contributed by atoms with Crippen molar-refractivity contribution in [1.29, 1.82) is 0 Å². The highest BCUT2D eigenvalue weighted by molar-refractivity contribution is 5.77. The Balaban J connectivity index is 2.26. The van der Waals surface area contributed by atoms with Crippen molar-refractivity contribution in [3.63, 3.8) is 0 Å². The van der Waals surface area contributed by atoms with Gasteiger partial charge in [-0.15, -0.1) is 0 Å². The molecule has 2 heterocycles. The minimum Gasteiger partial charge on any atom is -0.369 e. The number of nitrogens with one attached hydrogen (secondary N) is 1. The largest absolute Gasteiger partial charge is 0.369 e. The number of carbonyl (C=O) groups excluding carboxylic acids is 1. The molecule has 0 saturated carbocycles. The summed E-state index contributed by atoms with van der Waals surface area (Å²) in [6, 6.07) is 2.31. The minimum absolute atomic E-state index is 0.0935. The maximum atomic E-state index is 11.4. The van der Waals surface area contributed by atoms with E-state index in [1.165, 1.54) is 0 Å². The fraction of sp³-hybridized carbons (Fsp3) is 0.643. The molecule has 110 valence electrons. The van der Waals surface area contributed by atoms with Gasteiger partial charge >= 0.3 is 0 Å². The van der Waals surface area contributed by atoms with Gasteiger partial charge in [-0.3, -0.25) is 4.79 Å². The molecule has 1 amide bonds. The highest BCUT2D eigenvalue weighted by atomic mass is 16.1. The van der Waals surface area contributed by atoms with Gasteiger partial charge in [0.05, 0.1) is 5.92 Å². The molecule has 1 aromatic heterocycles. The quantitative estimate of drug-likeness (QED) is 0.866. The van der Waals surface area contributed by atoms with Gasteiger partial charge < -0.3 is 16.0 Å². The summed E-state index contributed by atoms with van der Waals surface area (Å²) in [5, 5.41) is 3.14. The van der Waals surface area contributed by atoms with Crippen LogP contribution in [0.1, 0.15) is 32.4 Å². The molecular weight excluding hydrogens is 254 g/mol. The Morgan fingerprint density at radius 2 is 2.25 bits per heavy atom. The maximum absolute atomic E-state index is 11.4. The Morgan fingerprint density at radius 3 is 2.90 bits per heavy atom. The number of anilines is 2. The van der Waals surface area contributed by atoms with E-state index in [1.54, 1.807) is 0 Å². The highest BCUT2D eigenvalue weighted by Crippen LogP contribution is 2.27. The Hall–Kier alpha value is -1.85. The molecule has 0 aromatic carbocycles. The number of carbonyl (C=O) groups is 1. The summed E-state index contributed by atoms with van der Waals surface area (Å²) < 4.78 is 0. The first kappa shape index (κ1) is 14.6. The third-order valence-electron chi connectivity index (χ3n) is 3.75. The fourth-order valence-electron chi connectivity index (χ4n) is 2.59. The van der Waals surface area contributed by atoms with Gasteiger partial charge in [0, 0.05) is 30.9 Å². The van der Waals surface area contributed by atoms with Crippen molar-refractivity contribution in [3.8, 4) is 0 Å².